The summed E-state index contributed by atoms with van der Waals surface area (Å²) in [5.74, 6) is 0. The maximum Gasteiger partial charge on any atom is 0.243 e. The highest BCUT2D eigenvalue weighted by Gasteiger charge is 2.26. The van der Waals surface area contributed by atoms with Crippen LogP contribution in [0.5, 0.6) is 0 Å². The first-order chi connectivity index (χ1) is 9.95. The first kappa shape index (κ1) is 16.9. The number of sulfonamides is 1. The fraction of sp³-hybridized carbons (Fsp3) is 0.600. The summed E-state index contributed by atoms with van der Waals surface area (Å²) in [6.45, 7) is 7.86. The Morgan fingerprint density at radius 2 is 1.86 bits per heavy atom. The standard InChI is InChI=1S/C15H23BrN2O2S/c1-13-4-5-15(12-14(13)2)21(19,20)18-8-3-7-17(9-6-16)10-11-18/h4-5,12H,3,6-11H2,1-2H3. The van der Waals surface area contributed by atoms with Gasteiger partial charge in [0.25, 0.3) is 0 Å². The average Bonchev–Trinajstić information content (AvgIpc) is 2.68. The van der Waals surface area contributed by atoms with E-state index in [0.717, 1.165) is 42.5 Å². The van der Waals surface area contributed by atoms with E-state index in [2.05, 4.69) is 20.8 Å². The molecule has 1 aromatic carbocycles. The average molecular weight is 375 g/mol. The smallest absolute Gasteiger partial charge is 0.243 e. The number of hydrogen-bond acceptors (Lipinski definition) is 3. The predicted octanol–water partition coefficient (Wildman–Crippen LogP) is 2.39. The van der Waals surface area contributed by atoms with E-state index in [0.29, 0.717) is 18.0 Å². The van der Waals surface area contributed by atoms with Crippen molar-refractivity contribution in [3.63, 3.8) is 0 Å². The lowest BCUT2D eigenvalue weighted by atomic mass is 10.1. The molecule has 1 heterocycles. The van der Waals surface area contributed by atoms with Gasteiger partial charge >= 0.3 is 0 Å². The van der Waals surface area contributed by atoms with E-state index in [9.17, 15) is 8.42 Å². The van der Waals surface area contributed by atoms with Crippen LogP contribution in [0.4, 0.5) is 0 Å². The third kappa shape index (κ3) is 4.06. The van der Waals surface area contributed by atoms with Crippen LogP contribution in [0.1, 0.15) is 17.5 Å². The van der Waals surface area contributed by atoms with Crippen molar-refractivity contribution in [3.05, 3.63) is 29.3 Å². The second kappa shape index (κ2) is 7.22. The summed E-state index contributed by atoms with van der Waals surface area (Å²) in [6.07, 6.45) is 0.886. The van der Waals surface area contributed by atoms with Gasteiger partial charge in [-0.05, 0) is 50.1 Å². The van der Waals surface area contributed by atoms with Gasteiger partial charge < -0.3 is 4.90 Å². The molecule has 2 rings (SSSR count). The molecule has 1 aliphatic heterocycles. The zero-order valence-electron chi connectivity index (χ0n) is 12.7. The van der Waals surface area contributed by atoms with E-state index >= 15 is 0 Å². The maximum atomic E-state index is 12.8. The molecule has 1 fully saturated rings. The molecule has 0 aliphatic carbocycles. The number of rotatable bonds is 4. The highest BCUT2D eigenvalue weighted by molar-refractivity contribution is 9.09. The molecule has 0 spiro atoms. The first-order valence-electron chi connectivity index (χ1n) is 7.31. The fourth-order valence-electron chi connectivity index (χ4n) is 2.55. The van der Waals surface area contributed by atoms with Crippen molar-refractivity contribution in [1.82, 2.24) is 9.21 Å². The Kier molecular flexibility index (Phi) is 5.82. The van der Waals surface area contributed by atoms with E-state index in [-0.39, 0.29) is 0 Å². The molecule has 0 unspecified atom stereocenters. The van der Waals surface area contributed by atoms with Gasteiger partial charge in [0.15, 0.2) is 0 Å². The van der Waals surface area contributed by atoms with Crippen LogP contribution in [0.3, 0.4) is 0 Å². The minimum Gasteiger partial charge on any atom is -0.301 e. The Morgan fingerprint density at radius 1 is 1.10 bits per heavy atom. The Labute approximate surface area is 136 Å². The van der Waals surface area contributed by atoms with E-state index in [4.69, 9.17) is 0 Å². The molecule has 0 aromatic heterocycles. The number of benzene rings is 1. The third-order valence-corrected chi connectivity index (χ3v) is 6.31. The molecule has 0 bridgehead atoms. The van der Waals surface area contributed by atoms with Crippen molar-refractivity contribution in [2.24, 2.45) is 0 Å². The minimum absolute atomic E-state index is 0.416. The van der Waals surface area contributed by atoms with Crippen LogP contribution in [0, 0.1) is 13.8 Å². The maximum absolute atomic E-state index is 12.8. The second-order valence-corrected chi connectivity index (χ2v) is 8.27. The number of aryl methyl sites for hydroxylation is 2. The monoisotopic (exact) mass is 374 g/mol. The van der Waals surface area contributed by atoms with Crippen molar-refractivity contribution in [1.29, 1.82) is 0 Å². The summed E-state index contributed by atoms with van der Waals surface area (Å²) in [7, 11) is -3.37. The normalized spacial score (nSPS) is 18.6. The zero-order valence-corrected chi connectivity index (χ0v) is 15.1. The number of halogens is 1. The molecule has 1 saturated heterocycles. The minimum atomic E-state index is -3.37. The number of nitrogens with zero attached hydrogens (tertiary/aromatic N) is 2. The van der Waals surface area contributed by atoms with Crippen molar-refractivity contribution in [2.75, 3.05) is 38.1 Å². The van der Waals surface area contributed by atoms with Crippen molar-refractivity contribution in [3.8, 4) is 0 Å². The summed E-state index contributed by atoms with van der Waals surface area (Å²) >= 11 is 3.44. The van der Waals surface area contributed by atoms with Crippen molar-refractivity contribution in [2.45, 2.75) is 25.2 Å². The number of alkyl halides is 1. The van der Waals surface area contributed by atoms with Crippen molar-refractivity contribution < 1.29 is 8.42 Å². The molecular formula is C15H23BrN2O2S. The van der Waals surface area contributed by atoms with Crippen LogP contribution in [0.15, 0.2) is 23.1 Å². The molecule has 0 saturated carbocycles. The quantitative estimate of drug-likeness (QED) is 0.759. The van der Waals surface area contributed by atoms with E-state index in [1.807, 2.05) is 19.9 Å². The Hall–Kier alpha value is -0.430. The molecule has 0 N–H and O–H groups in total. The molecule has 0 atom stereocenters. The van der Waals surface area contributed by atoms with Crippen LogP contribution < -0.4 is 0 Å². The van der Waals surface area contributed by atoms with Crippen LogP contribution in [-0.4, -0.2) is 55.7 Å². The van der Waals surface area contributed by atoms with Gasteiger partial charge in [-0.25, -0.2) is 8.42 Å². The first-order valence-corrected chi connectivity index (χ1v) is 9.87. The highest BCUT2D eigenvalue weighted by Crippen LogP contribution is 2.20. The van der Waals surface area contributed by atoms with E-state index < -0.39 is 10.0 Å². The van der Waals surface area contributed by atoms with Gasteiger partial charge in [-0.2, -0.15) is 4.31 Å². The van der Waals surface area contributed by atoms with E-state index in [1.165, 1.54) is 0 Å². The number of hydrogen-bond donors (Lipinski definition) is 0. The topological polar surface area (TPSA) is 40.6 Å². The van der Waals surface area contributed by atoms with Crippen LogP contribution >= 0.6 is 15.9 Å². The summed E-state index contributed by atoms with van der Waals surface area (Å²) in [6, 6.07) is 5.39. The highest BCUT2D eigenvalue weighted by atomic mass is 79.9. The molecule has 1 aliphatic rings. The zero-order chi connectivity index (χ0) is 15.5. The van der Waals surface area contributed by atoms with Crippen LogP contribution in [0.25, 0.3) is 0 Å². The van der Waals surface area contributed by atoms with Gasteiger partial charge in [0.05, 0.1) is 4.90 Å². The van der Waals surface area contributed by atoms with Gasteiger partial charge in [0.1, 0.15) is 0 Å². The van der Waals surface area contributed by atoms with Gasteiger partial charge in [-0.1, -0.05) is 22.0 Å². The SMILES string of the molecule is Cc1ccc(S(=O)(=O)N2CCCN(CCBr)CC2)cc1C. The van der Waals surface area contributed by atoms with Gasteiger partial charge in [0.2, 0.25) is 10.0 Å². The largest absolute Gasteiger partial charge is 0.301 e. The summed E-state index contributed by atoms with van der Waals surface area (Å²) in [5, 5.41) is 0.927. The third-order valence-electron chi connectivity index (χ3n) is 4.06. The lowest BCUT2D eigenvalue weighted by molar-refractivity contribution is 0.305. The Balaban J connectivity index is 2.17. The van der Waals surface area contributed by atoms with E-state index in [1.54, 1.807) is 16.4 Å². The fourth-order valence-corrected chi connectivity index (χ4v) is 4.61. The molecule has 21 heavy (non-hydrogen) atoms. The predicted molar refractivity (Wildman–Crippen MR) is 89.5 cm³/mol. The summed E-state index contributed by atoms with van der Waals surface area (Å²) in [5.41, 5.74) is 2.14. The molecule has 1 aromatic rings. The molecule has 118 valence electrons. The van der Waals surface area contributed by atoms with Crippen LogP contribution in [0.2, 0.25) is 0 Å². The molecule has 0 amide bonds. The Morgan fingerprint density at radius 3 is 2.52 bits per heavy atom. The van der Waals surface area contributed by atoms with Crippen LogP contribution in [-0.2, 0) is 10.0 Å². The summed E-state index contributed by atoms with van der Waals surface area (Å²) in [4.78, 5) is 2.73. The molecule has 4 nitrogen and oxygen atoms in total. The summed E-state index contributed by atoms with van der Waals surface area (Å²) < 4.78 is 27.2. The van der Waals surface area contributed by atoms with Crippen molar-refractivity contribution >= 4 is 26.0 Å². The van der Waals surface area contributed by atoms with Gasteiger partial charge in [0, 0.05) is 31.5 Å². The molecule has 0 radical (unpaired) electrons. The lowest BCUT2D eigenvalue weighted by Crippen LogP contribution is -2.35. The Bertz CT molecular complexity index is 589. The lowest BCUT2D eigenvalue weighted by Gasteiger charge is -2.21. The van der Waals surface area contributed by atoms with Gasteiger partial charge in [-0.15, -0.1) is 0 Å². The second-order valence-electron chi connectivity index (χ2n) is 5.53. The molecular weight excluding hydrogens is 352 g/mol. The van der Waals surface area contributed by atoms with Gasteiger partial charge in [-0.3, -0.25) is 0 Å². The molecule has 6 heteroatoms.